The van der Waals surface area contributed by atoms with Crippen LogP contribution in [0, 0.1) is 0 Å². The molecule has 0 aliphatic heterocycles. The lowest BCUT2D eigenvalue weighted by Crippen LogP contribution is -2.29. The van der Waals surface area contributed by atoms with E-state index in [0.29, 0.717) is 0 Å². The first-order valence-electron chi connectivity index (χ1n) is 18.8. The third-order valence-corrected chi connectivity index (χ3v) is 11.9. The monoisotopic (exact) mass is 702 g/mol. The largest absolute Gasteiger partial charge is 0.508 e. The SMILES string of the molecule is Oc1cc(C2(c3cc(O)cc4c3ccc3ccccc34)c3cc(-c4ccccc4)ccc3-c3ccc(-c4ccccc4)cc32)c2ccc3ccccc3c2c1. The van der Waals surface area contributed by atoms with Gasteiger partial charge >= 0.3 is 0 Å². The molecule has 11 rings (SSSR count). The van der Waals surface area contributed by atoms with Gasteiger partial charge in [0.2, 0.25) is 0 Å². The van der Waals surface area contributed by atoms with Gasteiger partial charge < -0.3 is 10.2 Å². The van der Waals surface area contributed by atoms with Gasteiger partial charge in [0.05, 0.1) is 5.41 Å². The van der Waals surface area contributed by atoms with Crippen LogP contribution in [0.1, 0.15) is 22.3 Å². The van der Waals surface area contributed by atoms with Crippen LogP contribution in [0.5, 0.6) is 11.5 Å². The van der Waals surface area contributed by atoms with Crippen molar-refractivity contribution in [2.75, 3.05) is 0 Å². The topological polar surface area (TPSA) is 40.5 Å². The van der Waals surface area contributed by atoms with E-state index in [1.54, 1.807) is 0 Å². The lowest BCUT2D eigenvalue weighted by atomic mass is 9.64. The van der Waals surface area contributed by atoms with Crippen LogP contribution in [-0.2, 0) is 5.41 Å². The number of benzene rings is 10. The van der Waals surface area contributed by atoms with E-state index in [-0.39, 0.29) is 11.5 Å². The average molecular weight is 703 g/mol. The maximum Gasteiger partial charge on any atom is 0.116 e. The zero-order valence-electron chi connectivity index (χ0n) is 29.9. The van der Waals surface area contributed by atoms with E-state index in [1.165, 1.54) is 0 Å². The highest BCUT2D eigenvalue weighted by molar-refractivity contribution is 6.13. The predicted molar refractivity (Wildman–Crippen MR) is 228 cm³/mol. The van der Waals surface area contributed by atoms with E-state index in [0.717, 1.165) is 98.7 Å². The molecular weight excluding hydrogens is 669 g/mol. The van der Waals surface area contributed by atoms with Crippen molar-refractivity contribution < 1.29 is 10.2 Å². The summed E-state index contributed by atoms with van der Waals surface area (Å²) in [5, 5.41) is 32.3. The van der Waals surface area contributed by atoms with Crippen molar-refractivity contribution in [2.45, 2.75) is 5.41 Å². The second-order valence-electron chi connectivity index (χ2n) is 14.8. The fourth-order valence-corrected chi connectivity index (χ4v) is 9.49. The molecule has 0 saturated carbocycles. The number of hydrogen-bond acceptors (Lipinski definition) is 2. The van der Waals surface area contributed by atoms with Gasteiger partial charge in [-0.1, -0.05) is 158 Å². The Bertz CT molecular complexity index is 2950. The summed E-state index contributed by atoms with van der Waals surface area (Å²) >= 11 is 0. The first kappa shape index (κ1) is 31.4. The summed E-state index contributed by atoms with van der Waals surface area (Å²) in [4.78, 5) is 0. The van der Waals surface area contributed by atoms with Gasteiger partial charge in [0, 0.05) is 0 Å². The highest BCUT2D eigenvalue weighted by atomic mass is 16.3. The van der Waals surface area contributed by atoms with Crippen LogP contribution in [0.15, 0.2) is 194 Å². The Kier molecular flexibility index (Phi) is 6.80. The molecule has 2 N–H and O–H groups in total. The van der Waals surface area contributed by atoms with Crippen molar-refractivity contribution in [3.05, 3.63) is 216 Å². The highest BCUT2D eigenvalue weighted by Crippen LogP contribution is 2.61. The van der Waals surface area contributed by atoms with E-state index in [1.807, 2.05) is 24.3 Å². The maximum atomic E-state index is 11.9. The van der Waals surface area contributed by atoms with Gasteiger partial charge in [0.25, 0.3) is 0 Å². The second kappa shape index (κ2) is 11.9. The molecule has 0 radical (unpaired) electrons. The Hall–Kier alpha value is -7.16. The molecule has 0 bridgehead atoms. The molecule has 0 fully saturated rings. The molecule has 0 atom stereocenters. The Morgan fingerprint density at radius 1 is 0.273 bits per heavy atom. The van der Waals surface area contributed by atoms with Crippen LogP contribution in [0.25, 0.3) is 76.5 Å². The summed E-state index contributed by atoms with van der Waals surface area (Å²) in [5.41, 5.74) is 9.87. The average Bonchev–Trinajstić information content (AvgIpc) is 3.53. The van der Waals surface area contributed by atoms with Crippen molar-refractivity contribution in [2.24, 2.45) is 0 Å². The van der Waals surface area contributed by atoms with Crippen molar-refractivity contribution in [1.29, 1.82) is 0 Å². The summed E-state index contributed by atoms with van der Waals surface area (Å²) in [7, 11) is 0. The Balaban J connectivity index is 1.38. The molecule has 258 valence electrons. The Morgan fingerprint density at radius 3 is 1.15 bits per heavy atom. The summed E-state index contributed by atoms with van der Waals surface area (Å²) in [5.74, 6) is 0.392. The van der Waals surface area contributed by atoms with Crippen LogP contribution in [0.2, 0.25) is 0 Å². The van der Waals surface area contributed by atoms with Crippen LogP contribution in [0.4, 0.5) is 0 Å². The van der Waals surface area contributed by atoms with E-state index >= 15 is 0 Å². The third-order valence-electron chi connectivity index (χ3n) is 11.9. The number of rotatable bonds is 4. The van der Waals surface area contributed by atoms with Gasteiger partial charge in [-0.25, -0.2) is 0 Å². The molecule has 10 aromatic carbocycles. The van der Waals surface area contributed by atoms with Crippen molar-refractivity contribution in [3.63, 3.8) is 0 Å². The summed E-state index contributed by atoms with van der Waals surface area (Å²) in [6.45, 7) is 0. The summed E-state index contributed by atoms with van der Waals surface area (Å²) in [6, 6.07) is 68.1. The molecule has 1 aliphatic rings. The normalized spacial score (nSPS) is 13.0. The van der Waals surface area contributed by atoms with Crippen LogP contribution in [-0.4, -0.2) is 10.2 Å². The standard InChI is InChI=1S/C53H34O2/c54-39-29-47-41-17-9-7-15-35(41)19-23-45(47)51(31-39)53(52-32-40(55)30-48-42-18-10-8-16-36(42)20-24-46(48)52)49-27-37(33-11-3-1-4-12-33)21-25-43(49)44-26-22-38(28-50(44)53)34-13-5-2-6-14-34/h1-32,54-55H. The molecular formula is C53H34O2. The number of hydrogen-bond donors (Lipinski definition) is 2. The number of phenolic OH excluding ortho intramolecular Hbond substituents is 2. The minimum absolute atomic E-state index is 0.196. The molecule has 10 aromatic rings. The van der Waals surface area contributed by atoms with Gasteiger partial charge in [-0.3, -0.25) is 0 Å². The zero-order chi connectivity index (χ0) is 36.7. The quantitative estimate of drug-likeness (QED) is 0.179. The second-order valence-corrected chi connectivity index (χ2v) is 14.8. The number of phenols is 2. The molecule has 2 heteroatoms. The molecule has 2 nitrogen and oxygen atoms in total. The molecule has 0 aromatic heterocycles. The van der Waals surface area contributed by atoms with Gasteiger partial charge in [-0.15, -0.1) is 0 Å². The Labute approximate surface area is 318 Å². The van der Waals surface area contributed by atoms with Crippen molar-refractivity contribution in [3.8, 4) is 44.9 Å². The van der Waals surface area contributed by atoms with E-state index in [2.05, 4.69) is 170 Å². The van der Waals surface area contributed by atoms with Crippen molar-refractivity contribution in [1.82, 2.24) is 0 Å². The molecule has 0 amide bonds. The molecule has 0 spiro atoms. The first-order valence-corrected chi connectivity index (χ1v) is 18.8. The zero-order valence-corrected chi connectivity index (χ0v) is 29.9. The summed E-state index contributed by atoms with van der Waals surface area (Å²) in [6.07, 6.45) is 0. The van der Waals surface area contributed by atoms with Crippen LogP contribution >= 0.6 is 0 Å². The Morgan fingerprint density at radius 2 is 0.691 bits per heavy atom. The lowest BCUT2D eigenvalue weighted by molar-refractivity contribution is 0.474. The van der Waals surface area contributed by atoms with Gasteiger partial charge in [0.15, 0.2) is 0 Å². The van der Waals surface area contributed by atoms with Crippen LogP contribution in [0.3, 0.4) is 0 Å². The van der Waals surface area contributed by atoms with Crippen LogP contribution < -0.4 is 0 Å². The maximum absolute atomic E-state index is 11.9. The highest BCUT2D eigenvalue weighted by Gasteiger charge is 2.49. The molecule has 1 aliphatic carbocycles. The minimum atomic E-state index is -0.973. The molecule has 55 heavy (non-hydrogen) atoms. The third kappa shape index (κ3) is 4.62. The van der Waals surface area contributed by atoms with E-state index in [4.69, 9.17) is 0 Å². The lowest BCUT2D eigenvalue weighted by Gasteiger charge is -2.36. The fraction of sp³-hybridized carbons (Fsp3) is 0.0189. The molecule has 0 unspecified atom stereocenters. The molecule has 0 saturated heterocycles. The van der Waals surface area contributed by atoms with Gasteiger partial charge in [0.1, 0.15) is 11.5 Å². The predicted octanol–water partition coefficient (Wildman–Crippen LogP) is 13.4. The van der Waals surface area contributed by atoms with Crippen molar-refractivity contribution >= 4 is 43.1 Å². The number of aromatic hydroxyl groups is 2. The first-order chi connectivity index (χ1) is 27.1. The van der Waals surface area contributed by atoms with E-state index in [9.17, 15) is 10.2 Å². The summed E-state index contributed by atoms with van der Waals surface area (Å²) < 4.78 is 0. The van der Waals surface area contributed by atoms with Gasteiger partial charge in [-0.05, 0) is 135 Å². The molecule has 0 heterocycles. The smallest absolute Gasteiger partial charge is 0.116 e. The minimum Gasteiger partial charge on any atom is -0.508 e. The number of fused-ring (bicyclic) bond motifs is 9. The van der Waals surface area contributed by atoms with Gasteiger partial charge in [-0.2, -0.15) is 0 Å². The fourth-order valence-electron chi connectivity index (χ4n) is 9.49. The van der Waals surface area contributed by atoms with E-state index < -0.39 is 5.41 Å².